The lowest BCUT2D eigenvalue weighted by Gasteiger charge is -1.98. The van der Waals surface area contributed by atoms with E-state index in [0.29, 0.717) is 10.8 Å². The van der Waals surface area contributed by atoms with E-state index in [-0.39, 0.29) is 11.3 Å². The first-order chi connectivity index (χ1) is 8.04. The first-order valence-electron chi connectivity index (χ1n) is 5.12. The summed E-state index contributed by atoms with van der Waals surface area (Å²) in [5.74, 6) is 0.0364. The van der Waals surface area contributed by atoms with Crippen LogP contribution in [0.5, 0.6) is 5.75 Å². The highest BCUT2D eigenvalue weighted by atomic mass is 79.9. The number of carbonyl (C=O) groups excluding carboxylic acids is 1. The number of benzene rings is 1. The average Bonchev–Trinajstić information content (AvgIpc) is 2.31. The number of aldehydes is 1. The third-order valence-electron chi connectivity index (χ3n) is 1.77. The van der Waals surface area contributed by atoms with Crippen LogP contribution >= 0.6 is 24.2 Å². The maximum atomic E-state index is 10.5. The minimum atomic E-state index is -2.98. The van der Waals surface area contributed by atoms with Gasteiger partial charge in [-0.15, -0.1) is 0 Å². The number of unbranched alkanes of at least 4 members (excludes halogenated alkanes) is 1. The van der Waals surface area contributed by atoms with E-state index in [1.165, 1.54) is 25.0 Å². The average molecular weight is 321 g/mol. The number of halogens is 1. The number of hydrogen-bond donors (Lipinski definition) is 0. The van der Waals surface area contributed by atoms with Gasteiger partial charge in [-0.3, -0.25) is 9.32 Å². The number of hydrogen-bond acceptors (Lipinski definition) is 4. The molecular weight excluding hydrogens is 307 g/mol. The SMILES string of the molecule is CCCC.O=Cc1cc(Br)ccc1O[P+](=O)[O-]. The van der Waals surface area contributed by atoms with Crippen molar-refractivity contribution < 1.29 is 18.8 Å². The molecule has 4 nitrogen and oxygen atoms in total. The van der Waals surface area contributed by atoms with Crippen LogP contribution in [0.4, 0.5) is 0 Å². The van der Waals surface area contributed by atoms with E-state index >= 15 is 0 Å². The Hall–Kier alpha value is -0.770. The molecule has 0 aliphatic carbocycles. The smallest absolute Gasteiger partial charge is 0.539 e. The zero-order chi connectivity index (χ0) is 13.3. The predicted molar refractivity (Wildman–Crippen MR) is 68.3 cm³/mol. The van der Waals surface area contributed by atoms with Gasteiger partial charge < -0.3 is 4.89 Å². The van der Waals surface area contributed by atoms with Gasteiger partial charge in [0.2, 0.25) is 0 Å². The molecule has 1 aromatic rings. The van der Waals surface area contributed by atoms with Gasteiger partial charge in [-0.1, -0.05) is 42.6 Å². The monoisotopic (exact) mass is 320 g/mol. The van der Waals surface area contributed by atoms with E-state index in [1.807, 2.05) is 0 Å². The molecule has 0 saturated carbocycles. The van der Waals surface area contributed by atoms with Crippen molar-refractivity contribution in [2.75, 3.05) is 0 Å². The molecule has 0 aliphatic rings. The second-order valence-electron chi connectivity index (χ2n) is 3.11. The Kier molecular flexibility index (Phi) is 8.86. The molecule has 0 aliphatic heterocycles. The highest BCUT2D eigenvalue weighted by molar-refractivity contribution is 9.10. The van der Waals surface area contributed by atoms with Gasteiger partial charge in [-0.05, 0) is 22.8 Å². The van der Waals surface area contributed by atoms with Crippen LogP contribution in [0.25, 0.3) is 0 Å². The molecule has 1 rings (SSSR count). The van der Waals surface area contributed by atoms with E-state index in [9.17, 15) is 14.3 Å². The molecule has 17 heavy (non-hydrogen) atoms. The van der Waals surface area contributed by atoms with Crippen LogP contribution < -0.4 is 9.42 Å². The lowest BCUT2D eigenvalue weighted by molar-refractivity contribution is -0.178. The van der Waals surface area contributed by atoms with Crippen molar-refractivity contribution in [2.45, 2.75) is 26.7 Å². The van der Waals surface area contributed by atoms with Crippen molar-refractivity contribution in [3.8, 4) is 5.75 Å². The van der Waals surface area contributed by atoms with Crippen molar-refractivity contribution in [1.82, 2.24) is 0 Å². The first-order valence-corrected chi connectivity index (χ1v) is 7.01. The summed E-state index contributed by atoms with van der Waals surface area (Å²) in [4.78, 5) is 20.7. The minimum absolute atomic E-state index is 0.0364. The first kappa shape index (κ1) is 16.2. The molecule has 0 amide bonds. The summed E-state index contributed by atoms with van der Waals surface area (Å²) in [6.07, 6.45) is 3.17. The van der Waals surface area contributed by atoms with Gasteiger partial charge >= 0.3 is 8.25 Å². The molecule has 0 spiro atoms. The quantitative estimate of drug-likeness (QED) is 0.629. The fourth-order valence-electron chi connectivity index (χ4n) is 0.775. The highest BCUT2D eigenvalue weighted by Crippen LogP contribution is 2.26. The van der Waals surface area contributed by atoms with Crippen LogP contribution in [0.15, 0.2) is 22.7 Å². The van der Waals surface area contributed by atoms with Crippen LogP contribution in [-0.4, -0.2) is 6.29 Å². The predicted octanol–water partition coefficient (Wildman–Crippen LogP) is 3.46. The zero-order valence-corrected chi connectivity index (χ0v) is 12.2. The second kappa shape index (κ2) is 9.28. The Bertz CT molecular complexity index is 380. The molecule has 0 aromatic heterocycles. The van der Waals surface area contributed by atoms with Gasteiger partial charge in [0.05, 0.1) is 5.56 Å². The molecule has 94 valence electrons. The van der Waals surface area contributed by atoms with Gasteiger partial charge in [-0.25, -0.2) is 0 Å². The largest absolute Gasteiger partial charge is 0.558 e. The van der Waals surface area contributed by atoms with Crippen molar-refractivity contribution in [1.29, 1.82) is 0 Å². The molecule has 0 radical (unpaired) electrons. The van der Waals surface area contributed by atoms with Gasteiger partial charge in [0.15, 0.2) is 12.0 Å². The fraction of sp³-hybridized carbons (Fsp3) is 0.364. The third-order valence-corrected chi connectivity index (χ3v) is 2.61. The topological polar surface area (TPSA) is 66.4 Å². The van der Waals surface area contributed by atoms with E-state index in [1.54, 1.807) is 6.07 Å². The molecule has 0 bridgehead atoms. The van der Waals surface area contributed by atoms with Crippen molar-refractivity contribution >= 4 is 30.5 Å². The molecule has 1 aromatic carbocycles. The molecule has 0 fully saturated rings. The lowest BCUT2D eigenvalue weighted by Crippen LogP contribution is -1.95. The van der Waals surface area contributed by atoms with Crippen LogP contribution in [0.3, 0.4) is 0 Å². The van der Waals surface area contributed by atoms with Gasteiger partial charge in [0.25, 0.3) is 0 Å². The normalized spacial score (nSPS) is 10.0. The summed E-state index contributed by atoms with van der Waals surface area (Å²) in [5.41, 5.74) is 0.188. The van der Waals surface area contributed by atoms with E-state index in [4.69, 9.17) is 0 Å². The molecule has 1 atom stereocenters. The Morgan fingerprint density at radius 2 is 2.00 bits per heavy atom. The molecule has 0 saturated heterocycles. The summed E-state index contributed by atoms with van der Waals surface area (Å²) in [5, 5.41) is 0. The summed E-state index contributed by atoms with van der Waals surface area (Å²) in [6.45, 7) is 4.36. The maximum Gasteiger partial charge on any atom is 0.539 e. The van der Waals surface area contributed by atoms with Crippen LogP contribution in [0.2, 0.25) is 0 Å². The summed E-state index contributed by atoms with van der Waals surface area (Å²) >= 11 is 3.14. The van der Waals surface area contributed by atoms with Crippen molar-refractivity contribution in [3.63, 3.8) is 0 Å². The van der Waals surface area contributed by atoms with Crippen LogP contribution in [0, 0.1) is 0 Å². The standard InChI is InChI=1S/C7H4BrO4P.C4H10/c8-6-1-2-7(12-13(10)11)5(3-6)4-9;1-3-4-2/h1-4H;3-4H2,1-2H3. The molecule has 0 N–H and O–H groups in total. The van der Waals surface area contributed by atoms with E-state index in [2.05, 4.69) is 34.3 Å². The number of rotatable bonds is 4. The molecule has 1 unspecified atom stereocenters. The van der Waals surface area contributed by atoms with E-state index < -0.39 is 8.25 Å². The van der Waals surface area contributed by atoms with Crippen molar-refractivity contribution in [3.05, 3.63) is 28.2 Å². The summed E-state index contributed by atoms with van der Waals surface area (Å²) in [7, 11) is -2.98. The molecular formula is C11H14BrO4P. The Labute approximate surface area is 110 Å². The Balaban J connectivity index is 0.000000557. The van der Waals surface area contributed by atoms with Gasteiger partial charge in [-0.2, -0.15) is 0 Å². The fourth-order valence-corrected chi connectivity index (χ4v) is 1.48. The Morgan fingerprint density at radius 3 is 2.41 bits per heavy atom. The van der Waals surface area contributed by atoms with Crippen LogP contribution in [0.1, 0.15) is 37.0 Å². The number of carbonyl (C=O) groups is 1. The Morgan fingerprint density at radius 1 is 1.41 bits per heavy atom. The molecule has 0 heterocycles. The highest BCUT2D eigenvalue weighted by Gasteiger charge is 2.10. The maximum absolute atomic E-state index is 10.5. The summed E-state index contributed by atoms with van der Waals surface area (Å²) < 4.78 is 15.3. The third kappa shape index (κ3) is 7.21. The zero-order valence-electron chi connectivity index (χ0n) is 9.68. The minimum Gasteiger partial charge on any atom is -0.558 e. The van der Waals surface area contributed by atoms with Crippen molar-refractivity contribution in [2.24, 2.45) is 0 Å². The van der Waals surface area contributed by atoms with E-state index in [0.717, 1.165) is 0 Å². The molecule has 6 heteroatoms. The van der Waals surface area contributed by atoms with Gasteiger partial charge in [0, 0.05) is 4.47 Å². The second-order valence-corrected chi connectivity index (χ2v) is 4.66. The van der Waals surface area contributed by atoms with Gasteiger partial charge in [0.1, 0.15) is 0 Å². The lowest BCUT2D eigenvalue weighted by atomic mass is 10.2. The summed E-state index contributed by atoms with van der Waals surface area (Å²) in [6, 6.07) is 4.46. The van der Waals surface area contributed by atoms with Crippen LogP contribution in [-0.2, 0) is 4.57 Å².